The van der Waals surface area contributed by atoms with E-state index in [2.05, 4.69) is 10.2 Å². The Bertz CT molecular complexity index is 841. The van der Waals surface area contributed by atoms with Gasteiger partial charge in [0.1, 0.15) is 5.58 Å². The van der Waals surface area contributed by atoms with E-state index in [1.165, 1.54) is 6.07 Å². The molecule has 0 unspecified atom stereocenters. The van der Waals surface area contributed by atoms with Gasteiger partial charge in [0.05, 0.1) is 5.75 Å². The van der Waals surface area contributed by atoms with E-state index in [9.17, 15) is 4.79 Å². The Morgan fingerprint density at radius 3 is 2.81 bits per heavy atom. The van der Waals surface area contributed by atoms with E-state index in [1.807, 2.05) is 25.1 Å². The summed E-state index contributed by atoms with van der Waals surface area (Å²) in [5.41, 5.74) is 7.62. The van der Waals surface area contributed by atoms with Gasteiger partial charge < -0.3 is 14.6 Å². The lowest BCUT2D eigenvalue weighted by Gasteiger charge is -2.05. The number of nitrogens with zero attached hydrogens (tertiary/aromatic N) is 2. The van der Waals surface area contributed by atoms with Gasteiger partial charge in [-0.2, -0.15) is 0 Å². The topological polar surface area (TPSA) is 95.1 Å². The van der Waals surface area contributed by atoms with Crippen LogP contribution in [0.5, 0.6) is 0 Å². The highest BCUT2D eigenvalue weighted by Gasteiger charge is 2.08. The van der Waals surface area contributed by atoms with Gasteiger partial charge in [-0.15, -0.1) is 16.9 Å². The molecule has 0 fully saturated rings. The molecule has 0 saturated carbocycles. The van der Waals surface area contributed by atoms with Crippen LogP contribution in [0, 0.1) is 6.92 Å². The van der Waals surface area contributed by atoms with Crippen LogP contribution in [-0.2, 0) is 11.5 Å². The van der Waals surface area contributed by atoms with Crippen LogP contribution in [0.15, 0.2) is 37.9 Å². The van der Waals surface area contributed by atoms with Gasteiger partial charge in [-0.05, 0) is 24.1 Å². The van der Waals surface area contributed by atoms with Crippen LogP contribution in [-0.4, -0.2) is 10.2 Å². The normalized spacial score (nSPS) is 11.1. The SMILES string of the molecule is Cc1ccc2c(CSCc3nnc(N)o3)cc(=O)oc2c1. The van der Waals surface area contributed by atoms with Crippen LogP contribution in [0.2, 0.25) is 0 Å². The zero-order valence-electron chi connectivity index (χ0n) is 11.3. The number of aromatic nitrogens is 2. The highest BCUT2D eigenvalue weighted by Crippen LogP contribution is 2.24. The molecule has 0 aliphatic rings. The van der Waals surface area contributed by atoms with E-state index in [-0.39, 0.29) is 11.6 Å². The van der Waals surface area contributed by atoms with Crippen LogP contribution in [0.3, 0.4) is 0 Å². The molecule has 7 heteroatoms. The summed E-state index contributed by atoms with van der Waals surface area (Å²) in [6, 6.07) is 7.41. The fourth-order valence-corrected chi connectivity index (χ4v) is 2.88. The summed E-state index contributed by atoms with van der Waals surface area (Å²) in [5, 5.41) is 8.34. The summed E-state index contributed by atoms with van der Waals surface area (Å²) in [6.45, 7) is 1.96. The minimum atomic E-state index is -0.342. The molecule has 0 bridgehead atoms. The van der Waals surface area contributed by atoms with E-state index in [1.54, 1.807) is 11.8 Å². The summed E-state index contributed by atoms with van der Waals surface area (Å²) in [6.07, 6.45) is 0. The van der Waals surface area contributed by atoms with Crippen molar-refractivity contribution in [3.63, 3.8) is 0 Å². The van der Waals surface area contributed by atoms with E-state index in [0.717, 1.165) is 16.5 Å². The molecule has 0 atom stereocenters. The van der Waals surface area contributed by atoms with Gasteiger partial charge in [0.2, 0.25) is 5.89 Å². The number of thioether (sulfide) groups is 1. The molecule has 21 heavy (non-hydrogen) atoms. The van der Waals surface area contributed by atoms with Crippen molar-refractivity contribution in [1.29, 1.82) is 0 Å². The second-order valence-corrected chi connectivity index (χ2v) is 5.60. The van der Waals surface area contributed by atoms with Crippen LogP contribution < -0.4 is 11.4 Å². The summed E-state index contributed by atoms with van der Waals surface area (Å²) in [4.78, 5) is 11.6. The third-order valence-corrected chi connectivity index (χ3v) is 3.92. The molecule has 0 aliphatic carbocycles. The van der Waals surface area contributed by atoms with Crippen molar-refractivity contribution in [2.75, 3.05) is 5.73 Å². The van der Waals surface area contributed by atoms with E-state index in [4.69, 9.17) is 14.6 Å². The summed E-state index contributed by atoms with van der Waals surface area (Å²) >= 11 is 1.57. The van der Waals surface area contributed by atoms with Gasteiger partial charge in [0.25, 0.3) is 0 Å². The minimum Gasteiger partial charge on any atom is -0.423 e. The largest absolute Gasteiger partial charge is 0.423 e. The first kappa shape index (κ1) is 13.7. The average Bonchev–Trinajstić information content (AvgIpc) is 2.83. The van der Waals surface area contributed by atoms with Gasteiger partial charge >= 0.3 is 11.6 Å². The van der Waals surface area contributed by atoms with Crippen LogP contribution >= 0.6 is 11.8 Å². The number of nitrogens with two attached hydrogens (primary N) is 1. The molecule has 2 heterocycles. The van der Waals surface area contributed by atoms with Crippen molar-refractivity contribution in [2.24, 2.45) is 0 Å². The third kappa shape index (κ3) is 3.08. The second-order valence-electron chi connectivity index (χ2n) is 4.62. The molecule has 0 saturated heterocycles. The number of hydrogen-bond donors (Lipinski definition) is 1. The number of aryl methyl sites for hydroxylation is 1. The smallest absolute Gasteiger partial charge is 0.336 e. The molecule has 2 aromatic heterocycles. The Labute approximate surface area is 124 Å². The predicted octanol–water partition coefficient (Wildman–Crippen LogP) is 2.50. The molecular weight excluding hydrogens is 290 g/mol. The molecule has 3 aromatic rings. The first-order valence-corrected chi connectivity index (χ1v) is 7.46. The molecule has 108 valence electrons. The first-order chi connectivity index (χ1) is 10.1. The second kappa shape index (κ2) is 5.61. The van der Waals surface area contributed by atoms with Crippen molar-refractivity contribution >= 4 is 28.7 Å². The Hall–Kier alpha value is -2.28. The summed E-state index contributed by atoms with van der Waals surface area (Å²) in [7, 11) is 0. The van der Waals surface area contributed by atoms with Crippen LogP contribution in [0.4, 0.5) is 6.01 Å². The van der Waals surface area contributed by atoms with Crippen molar-refractivity contribution in [1.82, 2.24) is 10.2 Å². The molecular formula is C14H13N3O3S. The fraction of sp³-hybridized carbons (Fsp3) is 0.214. The lowest BCUT2D eigenvalue weighted by Crippen LogP contribution is -2.00. The lowest BCUT2D eigenvalue weighted by atomic mass is 10.1. The molecule has 2 N–H and O–H groups in total. The highest BCUT2D eigenvalue weighted by atomic mass is 32.2. The van der Waals surface area contributed by atoms with E-state index < -0.39 is 0 Å². The van der Waals surface area contributed by atoms with E-state index in [0.29, 0.717) is 23.0 Å². The van der Waals surface area contributed by atoms with Gasteiger partial charge in [0, 0.05) is 17.2 Å². The van der Waals surface area contributed by atoms with Crippen molar-refractivity contribution < 1.29 is 8.83 Å². The van der Waals surface area contributed by atoms with Gasteiger partial charge in [-0.25, -0.2) is 4.79 Å². The highest BCUT2D eigenvalue weighted by molar-refractivity contribution is 7.97. The molecule has 3 rings (SSSR count). The van der Waals surface area contributed by atoms with Crippen LogP contribution in [0.25, 0.3) is 11.0 Å². The quantitative estimate of drug-likeness (QED) is 0.740. The predicted molar refractivity (Wildman–Crippen MR) is 80.9 cm³/mol. The number of nitrogen functional groups attached to an aromatic ring is 1. The minimum absolute atomic E-state index is 0.0619. The molecule has 6 nitrogen and oxygen atoms in total. The number of hydrogen-bond acceptors (Lipinski definition) is 7. The van der Waals surface area contributed by atoms with Crippen molar-refractivity contribution in [3.8, 4) is 0 Å². The third-order valence-electron chi connectivity index (χ3n) is 2.95. The molecule has 0 radical (unpaired) electrons. The van der Waals surface area contributed by atoms with E-state index >= 15 is 0 Å². The van der Waals surface area contributed by atoms with Gasteiger partial charge in [-0.3, -0.25) is 0 Å². The standard InChI is InChI=1S/C14H13N3O3S/c1-8-2-3-10-9(5-13(18)19-11(10)4-8)6-21-7-12-16-17-14(15)20-12/h2-5H,6-7H2,1H3,(H2,15,17). The first-order valence-electron chi connectivity index (χ1n) is 6.31. The fourth-order valence-electron chi connectivity index (χ4n) is 2.03. The number of benzene rings is 1. The Morgan fingerprint density at radius 1 is 1.19 bits per heavy atom. The van der Waals surface area contributed by atoms with Gasteiger partial charge in [0.15, 0.2) is 0 Å². The maximum atomic E-state index is 11.6. The molecule has 1 aromatic carbocycles. The number of anilines is 1. The summed E-state index contributed by atoms with van der Waals surface area (Å²) < 4.78 is 10.3. The Balaban J connectivity index is 1.81. The van der Waals surface area contributed by atoms with Crippen molar-refractivity contribution in [3.05, 3.63) is 51.7 Å². The monoisotopic (exact) mass is 303 g/mol. The maximum Gasteiger partial charge on any atom is 0.336 e. The Kier molecular flexibility index (Phi) is 3.66. The zero-order valence-corrected chi connectivity index (χ0v) is 12.1. The molecule has 0 amide bonds. The molecule has 0 aliphatic heterocycles. The zero-order chi connectivity index (χ0) is 14.8. The number of rotatable bonds is 4. The molecule has 0 spiro atoms. The number of fused-ring (bicyclic) bond motifs is 1. The maximum absolute atomic E-state index is 11.6. The van der Waals surface area contributed by atoms with Crippen LogP contribution in [0.1, 0.15) is 17.0 Å². The van der Waals surface area contributed by atoms with Crippen molar-refractivity contribution in [2.45, 2.75) is 18.4 Å². The van der Waals surface area contributed by atoms with Gasteiger partial charge in [-0.1, -0.05) is 17.2 Å². The lowest BCUT2D eigenvalue weighted by molar-refractivity contribution is 0.533. The summed E-state index contributed by atoms with van der Waals surface area (Å²) in [5.74, 6) is 1.66. The Morgan fingerprint density at radius 2 is 2.05 bits per heavy atom. The average molecular weight is 303 g/mol.